The molecule has 2 aliphatic rings. The van der Waals surface area contributed by atoms with Crippen LogP contribution in [0.2, 0.25) is 0 Å². The van der Waals surface area contributed by atoms with Crippen LogP contribution in [0.1, 0.15) is 27.2 Å². The Morgan fingerprint density at radius 1 is 1.23 bits per heavy atom. The van der Waals surface area contributed by atoms with Gasteiger partial charge in [-0.1, -0.05) is 20.8 Å². The van der Waals surface area contributed by atoms with Crippen LogP contribution in [0.4, 0.5) is 0 Å². The third-order valence-electron chi connectivity index (χ3n) is 2.60. The highest BCUT2D eigenvalue weighted by Gasteiger charge is 2.50. The van der Waals surface area contributed by atoms with E-state index in [1.165, 1.54) is 0 Å². The second-order valence-corrected chi connectivity index (χ2v) is 4.67. The summed E-state index contributed by atoms with van der Waals surface area (Å²) in [7, 11) is 0. The molecule has 1 heterocycles. The van der Waals surface area contributed by atoms with Crippen molar-refractivity contribution in [1.82, 2.24) is 0 Å². The molecule has 0 saturated heterocycles. The number of ether oxygens (including phenoxy) is 1. The molecule has 13 heavy (non-hydrogen) atoms. The highest BCUT2D eigenvalue weighted by Crippen LogP contribution is 2.43. The average molecular weight is 180 g/mol. The number of hydrogen-bond acceptors (Lipinski definition) is 3. The normalized spacial score (nSPS) is 27.2. The van der Waals surface area contributed by atoms with Gasteiger partial charge in [0.05, 0.1) is 0 Å². The minimum Gasteiger partial charge on any atom is -0.442 e. The molecule has 2 rings (SSSR count). The van der Waals surface area contributed by atoms with E-state index in [2.05, 4.69) is 0 Å². The molecule has 1 unspecified atom stereocenters. The molecule has 0 fully saturated rings. The first-order valence-corrected chi connectivity index (χ1v) is 4.41. The molecule has 0 saturated carbocycles. The van der Waals surface area contributed by atoms with Crippen molar-refractivity contribution >= 4 is 11.6 Å². The maximum atomic E-state index is 11.6. The highest BCUT2D eigenvalue weighted by atomic mass is 16.6. The van der Waals surface area contributed by atoms with Gasteiger partial charge >= 0.3 is 0 Å². The molecule has 0 amide bonds. The summed E-state index contributed by atoms with van der Waals surface area (Å²) in [5.41, 5.74) is -0.156. The van der Waals surface area contributed by atoms with Crippen molar-refractivity contribution in [3.05, 3.63) is 11.5 Å². The van der Waals surface area contributed by atoms with Gasteiger partial charge in [-0.05, 0) is 5.41 Å². The molecule has 0 spiro atoms. The van der Waals surface area contributed by atoms with E-state index in [0.29, 0.717) is 17.9 Å². The molecule has 3 heteroatoms. The van der Waals surface area contributed by atoms with Crippen LogP contribution in [-0.4, -0.2) is 11.6 Å². The van der Waals surface area contributed by atoms with Gasteiger partial charge in [0.15, 0.2) is 0 Å². The van der Waals surface area contributed by atoms with E-state index < -0.39 is 0 Å². The van der Waals surface area contributed by atoms with Crippen LogP contribution in [0.15, 0.2) is 11.5 Å². The van der Waals surface area contributed by atoms with Crippen LogP contribution in [0, 0.1) is 11.3 Å². The van der Waals surface area contributed by atoms with Gasteiger partial charge in [-0.3, -0.25) is 9.59 Å². The number of rotatable bonds is 0. The van der Waals surface area contributed by atoms with E-state index in [-0.39, 0.29) is 22.9 Å². The summed E-state index contributed by atoms with van der Waals surface area (Å²) in [4.78, 5) is 22.9. The van der Waals surface area contributed by atoms with Gasteiger partial charge in [0.25, 0.3) is 0 Å². The second-order valence-electron chi connectivity index (χ2n) is 4.67. The minimum atomic E-state index is -0.207. The molecule has 0 radical (unpaired) electrons. The molecule has 1 aliphatic heterocycles. The Bertz CT molecular complexity index is 331. The number of hydrogen-bond donors (Lipinski definition) is 0. The molecule has 0 N–H and O–H groups in total. The van der Waals surface area contributed by atoms with Gasteiger partial charge in [0, 0.05) is 12.3 Å². The number of carbonyl (C=O) groups excluding carboxylic acids is 2. The highest BCUT2D eigenvalue weighted by molar-refractivity contribution is 6.15. The fraction of sp³-hybridized carbons (Fsp3) is 0.600. The standard InChI is InChI=1S/C10H12O3/c1-10(2,3)5-4-6(11)8-9(13-8)7(5)12/h5H,4H2,1-3H3. The van der Waals surface area contributed by atoms with Crippen LogP contribution in [0.3, 0.4) is 0 Å². The van der Waals surface area contributed by atoms with Gasteiger partial charge in [-0.15, -0.1) is 0 Å². The number of Topliss-reactive ketones (excluding diaryl/α,β-unsaturated/α-hetero) is 2. The van der Waals surface area contributed by atoms with Crippen LogP contribution >= 0.6 is 0 Å². The van der Waals surface area contributed by atoms with E-state index in [4.69, 9.17) is 4.74 Å². The molecule has 3 nitrogen and oxygen atoms in total. The Labute approximate surface area is 76.8 Å². The van der Waals surface area contributed by atoms with E-state index in [1.807, 2.05) is 20.8 Å². The van der Waals surface area contributed by atoms with Crippen LogP contribution in [0.5, 0.6) is 0 Å². The summed E-state index contributed by atoms with van der Waals surface area (Å²) < 4.78 is 4.86. The van der Waals surface area contributed by atoms with Crippen molar-refractivity contribution in [2.24, 2.45) is 11.3 Å². The Morgan fingerprint density at radius 3 is 2.38 bits per heavy atom. The van der Waals surface area contributed by atoms with E-state index in [9.17, 15) is 9.59 Å². The molecule has 1 aliphatic carbocycles. The molecule has 1 atom stereocenters. The Balaban J connectivity index is 2.30. The average Bonchev–Trinajstić information content (AvgIpc) is 2.73. The minimum absolute atomic E-state index is 0.00194. The van der Waals surface area contributed by atoms with Gasteiger partial charge in [-0.2, -0.15) is 0 Å². The Kier molecular flexibility index (Phi) is 1.45. The van der Waals surface area contributed by atoms with Gasteiger partial charge in [0.2, 0.25) is 23.1 Å². The van der Waals surface area contributed by atoms with Crippen LogP contribution in [0.25, 0.3) is 0 Å². The first-order valence-electron chi connectivity index (χ1n) is 4.41. The lowest BCUT2D eigenvalue weighted by molar-refractivity contribution is -0.127. The van der Waals surface area contributed by atoms with Crippen molar-refractivity contribution in [3.63, 3.8) is 0 Å². The van der Waals surface area contributed by atoms with Crippen LogP contribution < -0.4 is 0 Å². The second kappa shape index (κ2) is 2.22. The predicted molar refractivity (Wildman–Crippen MR) is 45.7 cm³/mol. The predicted octanol–water partition coefficient (Wildman–Crippen LogP) is 1.43. The zero-order valence-electron chi connectivity index (χ0n) is 8.01. The van der Waals surface area contributed by atoms with Gasteiger partial charge in [-0.25, -0.2) is 0 Å². The Morgan fingerprint density at radius 2 is 1.85 bits per heavy atom. The summed E-state index contributed by atoms with van der Waals surface area (Å²) in [5.74, 6) is 0.402. The number of ketones is 2. The largest absolute Gasteiger partial charge is 0.442 e. The number of carbonyl (C=O) groups is 2. The monoisotopic (exact) mass is 180 g/mol. The van der Waals surface area contributed by atoms with Gasteiger partial charge in [0.1, 0.15) is 0 Å². The van der Waals surface area contributed by atoms with Crippen molar-refractivity contribution in [2.45, 2.75) is 27.2 Å². The Hall–Kier alpha value is -1.12. The summed E-state index contributed by atoms with van der Waals surface area (Å²) in [5, 5.41) is 0. The fourth-order valence-corrected chi connectivity index (χ4v) is 1.65. The lowest BCUT2D eigenvalue weighted by atomic mass is 9.73. The molecule has 0 aromatic rings. The van der Waals surface area contributed by atoms with E-state index in [1.54, 1.807) is 0 Å². The van der Waals surface area contributed by atoms with E-state index in [0.717, 1.165) is 0 Å². The summed E-state index contributed by atoms with van der Waals surface area (Å²) in [6.07, 6.45) is 0.307. The zero-order chi connectivity index (χ0) is 9.80. The molecule has 70 valence electrons. The third kappa shape index (κ3) is 1.19. The summed E-state index contributed by atoms with van der Waals surface area (Å²) in [6.45, 7) is 5.91. The smallest absolute Gasteiger partial charge is 0.217 e. The van der Waals surface area contributed by atoms with E-state index >= 15 is 0 Å². The summed E-state index contributed by atoms with van der Waals surface area (Å²) in [6, 6.07) is 0. The SMILES string of the molecule is CC(C)(C)C1CC(=O)C2=C(O2)C1=O. The quantitative estimate of drug-likeness (QED) is 0.566. The van der Waals surface area contributed by atoms with Crippen molar-refractivity contribution in [2.75, 3.05) is 0 Å². The molecule has 0 aromatic carbocycles. The van der Waals surface area contributed by atoms with Crippen molar-refractivity contribution < 1.29 is 14.3 Å². The number of allylic oxidation sites excluding steroid dienone is 2. The molecular formula is C10H12O3. The molecule has 0 aromatic heterocycles. The first-order chi connectivity index (χ1) is 5.91. The third-order valence-corrected chi connectivity index (χ3v) is 2.60. The topological polar surface area (TPSA) is 46.7 Å². The lowest BCUT2D eigenvalue weighted by Crippen LogP contribution is -2.31. The fourth-order valence-electron chi connectivity index (χ4n) is 1.65. The van der Waals surface area contributed by atoms with Crippen LogP contribution in [-0.2, 0) is 14.3 Å². The zero-order valence-corrected chi connectivity index (χ0v) is 8.01. The van der Waals surface area contributed by atoms with Crippen molar-refractivity contribution in [1.29, 1.82) is 0 Å². The molecular weight excluding hydrogens is 168 g/mol. The van der Waals surface area contributed by atoms with Crippen molar-refractivity contribution in [3.8, 4) is 0 Å². The summed E-state index contributed by atoms with van der Waals surface area (Å²) >= 11 is 0. The molecule has 0 bridgehead atoms. The van der Waals surface area contributed by atoms with Gasteiger partial charge < -0.3 is 4.74 Å². The maximum Gasteiger partial charge on any atom is 0.217 e. The lowest BCUT2D eigenvalue weighted by Gasteiger charge is -2.27. The maximum absolute atomic E-state index is 11.6. The first kappa shape index (κ1) is 8.48.